The van der Waals surface area contributed by atoms with Crippen molar-refractivity contribution in [2.45, 2.75) is 5.92 Å². The molecule has 0 amide bonds. The minimum absolute atomic E-state index is 0.0407. The number of Topliss-reactive ketones (excluding diaryl/α,β-unsaturated/α-hetero) is 1. The molecule has 1 aromatic carbocycles. The van der Waals surface area contributed by atoms with Crippen LogP contribution in [0.2, 0.25) is 5.02 Å². The zero-order chi connectivity index (χ0) is 13.0. The molecule has 0 spiro atoms. The molecule has 1 unspecified atom stereocenters. The van der Waals surface area contributed by atoms with Crippen LogP contribution in [-0.4, -0.2) is 15.8 Å². The third kappa shape index (κ3) is 2.53. The Morgan fingerprint density at radius 3 is 2.39 bits per heavy atom. The van der Waals surface area contributed by atoms with Gasteiger partial charge in [0.1, 0.15) is 5.92 Å². The van der Waals surface area contributed by atoms with Crippen LogP contribution in [0.15, 0.2) is 42.7 Å². The van der Waals surface area contributed by atoms with Crippen molar-refractivity contribution in [2.75, 3.05) is 0 Å². The predicted molar refractivity (Wildman–Crippen MR) is 66.2 cm³/mol. The minimum Gasteiger partial charge on any atom is -0.289 e. The molecule has 88 valence electrons. The van der Waals surface area contributed by atoms with Crippen LogP contribution >= 0.6 is 11.6 Å². The third-order valence-electron chi connectivity index (χ3n) is 2.38. The van der Waals surface area contributed by atoms with Crippen LogP contribution in [0.25, 0.3) is 0 Å². The summed E-state index contributed by atoms with van der Waals surface area (Å²) in [7, 11) is 0. The van der Waals surface area contributed by atoms with Gasteiger partial charge in [-0.25, -0.2) is 9.97 Å². The first kappa shape index (κ1) is 12.2. The van der Waals surface area contributed by atoms with Gasteiger partial charge in [-0.2, -0.15) is 5.26 Å². The average molecular weight is 258 g/mol. The second-order valence-electron chi connectivity index (χ2n) is 3.55. The van der Waals surface area contributed by atoms with E-state index in [0.29, 0.717) is 10.6 Å². The van der Waals surface area contributed by atoms with E-state index in [4.69, 9.17) is 16.9 Å². The Labute approximate surface area is 109 Å². The number of carbonyl (C=O) groups is 1. The Bertz CT molecular complexity index is 590. The molecule has 0 saturated heterocycles. The first-order valence-electron chi connectivity index (χ1n) is 5.18. The molecule has 0 aliphatic carbocycles. The van der Waals surface area contributed by atoms with Crippen molar-refractivity contribution in [1.82, 2.24) is 9.97 Å². The van der Waals surface area contributed by atoms with Crippen molar-refractivity contribution in [3.8, 4) is 6.07 Å². The fourth-order valence-corrected chi connectivity index (χ4v) is 1.62. The van der Waals surface area contributed by atoms with Crippen LogP contribution in [0.3, 0.4) is 0 Å². The molecule has 0 aliphatic heterocycles. The molecule has 0 radical (unpaired) electrons. The van der Waals surface area contributed by atoms with E-state index in [9.17, 15) is 4.79 Å². The first-order chi connectivity index (χ1) is 8.72. The zero-order valence-electron chi connectivity index (χ0n) is 9.25. The summed E-state index contributed by atoms with van der Waals surface area (Å²) < 4.78 is 0. The van der Waals surface area contributed by atoms with E-state index in [2.05, 4.69) is 9.97 Å². The van der Waals surface area contributed by atoms with Gasteiger partial charge >= 0.3 is 0 Å². The molecule has 1 atom stereocenters. The first-order valence-corrected chi connectivity index (χ1v) is 5.56. The fraction of sp³-hybridized carbons (Fsp3) is 0.0769. The summed E-state index contributed by atoms with van der Waals surface area (Å²) in [6.45, 7) is 0. The molecule has 1 heterocycles. The number of hydrogen-bond acceptors (Lipinski definition) is 4. The fourth-order valence-electron chi connectivity index (χ4n) is 1.50. The van der Waals surface area contributed by atoms with Gasteiger partial charge < -0.3 is 0 Å². The summed E-state index contributed by atoms with van der Waals surface area (Å²) in [5.41, 5.74) is 0.583. The van der Waals surface area contributed by atoms with E-state index in [1.807, 2.05) is 6.07 Å². The number of nitriles is 1. The number of ketones is 1. The van der Waals surface area contributed by atoms with Crippen LogP contribution < -0.4 is 0 Å². The molecule has 0 aliphatic rings. The van der Waals surface area contributed by atoms with Crippen LogP contribution in [0.4, 0.5) is 0 Å². The molecule has 4 nitrogen and oxygen atoms in total. The highest BCUT2D eigenvalue weighted by Crippen LogP contribution is 2.20. The van der Waals surface area contributed by atoms with Crippen LogP contribution in [-0.2, 0) is 0 Å². The number of hydrogen-bond donors (Lipinski definition) is 0. The third-order valence-corrected chi connectivity index (χ3v) is 2.63. The Morgan fingerprint density at radius 2 is 1.83 bits per heavy atom. The molecular weight excluding hydrogens is 250 g/mol. The van der Waals surface area contributed by atoms with E-state index in [1.54, 1.807) is 30.3 Å². The van der Waals surface area contributed by atoms with Crippen molar-refractivity contribution < 1.29 is 4.79 Å². The standard InChI is InChI=1S/C13H8ClN3O/c14-10-4-2-9(3-5-10)11(8-15)12(18)13-16-6-1-7-17-13/h1-7,11H. The van der Waals surface area contributed by atoms with E-state index >= 15 is 0 Å². The topological polar surface area (TPSA) is 66.6 Å². The van der Waals surface area contributed by atoms with E-state index < -0.39 is 11.7 Å². The zero-order valence-corrected chi connectivity index (χ0v) is 10.0. The Kier molecular flexibility index (Phi) is 3.66. The van der Waals surface area contributed by atoms with Crippen molar-refractivity contribution in [2.24, 2.45) is 0 Å². The number of benzene rings is 1. The van der Waals surface area contributed by atoms with Gasteiger partial charge in [0.2, 0.25) is 5.78 Å². The lowest BCUT2D eigenvalue weighted by molar-refractivity contribution is 0.0968. The van der Waals surface area contributed by atoms with E-state index in [0.717, 1.165) is 0 Å². The number of nitrogens with zero attached hydrogens (tertiary/aromatic N) is 3. The summed E-state index contributed by atoms with van der Waals surface area (Å²) in [5, 5.41) is 9.68. The average Bonchev–Trinajstić information content (AvgIpc) is 2.42. The molecule has 0 bridgehead atoms. The Hall–Kier alpha value is -2.25. The SMILES string of the molecule is N#CC(C(=O)c1ncccn1)c1ccc(Cl)cc1. The number of carbonyl (C=O) groups excluding carboxylic acids is 1. The van der Waals surface area contributed by atoms with Gasteiger partial charge in [0.15, 0.2) is 5.82 Å². The smallest absolute Gasteiger partial charge is 0.221 e. The van der Waals surface area contributed by atoms with Gasteiger partial charge in [-0.05, 0) is 23.8 Å². The largest absolute Gasteiger partial charge is 0.289 e. The van der Waals surface area contributed by atoms with Gasteiger partial charge in [-0.15, -0.1) is 0 Å². The van der Waals surface area contributed by atoms with Crippen LogP contribution in [0.5, 0.6) is 0 Å². The lowest BCUT2D eigenvalue weighted by Crippen LogP contribution is -2.14. The molecular formula is C13H8ClN3O. The summed E-state index contributed by atoms with van der Waals surface area (Å²) in [6, 6.07) is 10.2. The van der Waals surface area contributed by atoms with Crippen LogP contribution in [0, 0.1) is 11.3 Å². The summed E-state index contributed by atoms with van der Waals surface area (Å²) in [6.07, 6.45) is 2.94. The second-order valence-corrected chi connectivity index (χ2v) is 3.99. The predicted octanol–water partition coefficient (Wildman–Crippen LogP) is 2.62. The quantitative estimate of drug-likeness (QED) is 0.793. The number of rotatable bonds is 3. The summed E-state index contributed by atoms with van der Waals surface area (Å²) in [4.78, 5) is 19.8. The maximum Gasteiger partial charge on any atom is 0.221 e. The normalized spacial score (nSPS) is 11.6. The summed E-state index contributed by atoms with van der Waals surface area (Å²) >= 11 is 5.76. The van der Waals surface area contributed by atoms with Gasteiger partial charge in [0.25, 0.3) is 0 Å². The Morgan fingerprint density at radius 1 is 1.22 bits per heavy atom. The molecule has 5 heteroatoms. The minimum atomic E-state index is -0.912. The van der Waals surface area contributed by atoms with Gasteiger partial charge in [0, 0.05) is 17.4 Å². The molecule has 1 aromatic heterocycles. The summed E-state index contributed by atoms with van der Waals surface area (Å²) in [5.74, 6) is -1.29. The molecule has 0 N–H and O–H groups in total. The highest BCUT2D eigenvalue weighted by Gasteiger charge is 2.23. The molecule has 2 rings (SSSR count). The molecule has 2 aromatic rings. The lowest BCUT2D eigenvalue weighted by atomic mass is 9.96. The van der Waals surface area contributed by atoms with Crippen molar-refractivity contribution >= 4 is 17.4 Å². The highest BCUT2D eigenvalue weighted by atomic mass is 35.5. The van der Waals surface area contributed by atoms with E-state index in [1.165, 1.54) is 12.4 Å². The molecule has 0 fully saturated rings. The van der Waals surface area contributed by atoms with Crippen molar-refractivity contribution in [1.29, 1.82) is 5.26 Å². The number of aromatic nitrogens is 2. The van der Waals surface area contributed by atoms with Gasteiger partial charge in [-0.3, -0.25) is 4.79 Å². The van der Waals surface area contributed by atoms with E-state index in [-0.39, 0.29) is 5.82 Å². The molecule has 0 saturated carbocycles. The maximum atomic E-state index is 12.1. The lowest BCUT2D eigenvalue weighted by Gasteiger charge is -2.07. The Balaban J connectivity index is 2.33. The monoisotopic (exact) mass is 257 g/mol. The van der Waals surface area contributed by atoms with Crippen molar-refractivity contribution in [3.05, 3.63) is 59.1 Å². The van der Waals surface area contributed by atoms with Crippen LogP contribution in [0.1, 0.15) is 22.1 Å². The van der Waals surface area contributed by atoms with Crippen molar-refractivity contribution in [3.63, 3.8) is 0 Å². The highest BCUT2D eigenvalue weighted by molar-refractivity contribution is 6.30. The maximum absolute atomic E-state index is 12.1. The number of halogens is 1. The van der Waals surface area contributed by atoms with Gasteiger partial charge in [0.05, 0.1) is 6.07 Å². The second kappa shape index (κ2) is 5.39. The van der Waals surface area contributed by atoms with Gasteiger partial charge in [-0.1, -0.05) is 23.7 Å². The molecule has 18 heavy (non-hydrogen) atoms.